The van der Waals surface area contributed by atoms with Crippen LogP contribution >= 0.6 is 0 Å². The third-order valence-corrected chi connectivity index (χ3v) is 4.94. The van der Waals surface area contributed by atoms with Crippen LogP contribution in [0.5, 0.6) is 0 Å². The maximum atomic E-state index is 11.7. The molecule has 1 N–H and O–H groups in total. The number of hydrogen-bond acceptors (Lipinski definition) is 3. The van der Waals surface area contributed by atoms with Gasteiger partial charge < -0.3 is 5.11 Å². The summed E-state index contributed by atoms with van der Waals surface area (Å²) in [6, 6.07) is 0. The first-order chi connectivity index (χ1) is 6.09. The number of nitrogens with zero attached hydrogens (tertiary/aromatic N) is 1. The molecule has 0 unspecified atom stereocenters. The van der Waals surface area contributed by atoms with Gasteiger partial charge in [0.05, 0.1) is 11.9 Å². The molecule has 1 saturated carbocycles. The molecule has 0 aromatic heterocycles. The van der Waals surface area contributed by atoms with Crippen molar-refractivity contribution in [1.82, 2.24) is 4.31 Å². The summed E-state index contributed by atoms with van der Waals surface area (Å²) in [4.78, 5) is 0. The Morgan fingerprint density at radius 2 is 1.92 bits per heavy atom. The van der Waals surface area contributed by atoms with Crippen molar-refractivity contribution in [2.75, 3.05) is 20.2 Å². The number of hydrogen-bond donors (Lipinski definition) is 1. The monoisotopic (exact) mass is 207 g/mol. The van der Waals surface area contributed by atoms with Gasteiger partial charge in [0.1, 0.15) is 0 Å². The molecule has 0 saturated heterocycles. The quantitative estimate of drug-likeness (QED) is 0.715. The van der Waals surface area contributed by atoms with Gasteiger partial charge in [-0.05, 0) is 12.8 Å². The first-order valence-corrected chi connectivity index (χ1v) is 6.15. The Balaban J connectivity index is 2.63. The van der Waals surface area contributed by atoms with Crippen LogP contribution in [0, 0.1) is 0 Å². The fourth-order valence-electron chi connectivity index (χ4n) is 1.71. The van der Waals surface area contributed by atoms with E-state index in [4.69, 9.17) is 5.11 Å². The van der Waals surface area contributed by atoms with E-state index < -0.39 is 10.0 Å². The molecule has 1 aliphatic rings. The Kier molecular flexibility index (Phi) is 3.70. The van der Waals surface area contributed by atoms with Crippen LogP contribution in [0.2, 0.25) is 0 Å². The van der Waals surface area contributed by atoms with Crippen LogP contribution in [0.3, 0.4) is 0 Å². The Morgan fingerprint density at radius 1 is 1.38 bits per heavy atom. The molecule has 78 valence electrons. The zero-order chi connectivity index (χ0) is 9.90. The van der Waals surface area contributed by atoms with Crippen molar-refractivity contribution in [2.24, 2.45) is 0 Å². The smallest absolute Gasteiger partial charge is 0.216 e. The molecule has 0 aromatic carbocycles. The highest BCUT2D eigenvalue weighted by Crippen LogP contribution is 2.26. The number of aliphatic hydroxyl groups is 1. The number of rotatable bonds is 4. The summed E-state index contributed by atoms with van der Waals surface area (Å²) in [5, 5.41) is 8.43. The molecule has 0 radical (unpaired) electrons. The molecule has 0 aromatic rings. The standard InChI is InChI=1S/C8H17NO3S/c1-9(6-7-10)13(11,12)8-4-2-3-5-8/h8,10H,2-7H2,1H3. The first kappa shape index (κ1) is 10.9. The van der Waals surface area contributed by atoms with Gasteiger partial charge >= 0.3 is 0 Å². The van der Waals surface area contributed by atoms with Crippen molar-refractivity contribution in [3.05, 3.63) is 0 Å². The summed E-state index contributed by atoms with van der Waals surface area (Å²) >= 11 is 0. The second kappa shape index (κ2) is 4.39. The molecule has 0 aliphatic heterocycles. The average Bonchev–Trinajstić information content (AvgIpc) is 2.56. The van der Waals surface area contributed by atoms with Crippen LogP contribution in [0.25, 0.3) is 0 Å². The molecule has 4 nitrogen and oxygen atoms in total. The molecule has 13 heavy (non-hydrogen) atoms. The summed E-state index contributed by atoms with van der Waals surface area (Å²) in [5.74, 6) is 0. The van der Waals surface area contributed by atoms with Gasteiger partial charge in [0.2, 0.25) is 10.0 Å². The minimum Gasteiger partial charge on any atom is -0.395 e. The van der Waals surface area contributed by atoms with E-state index in [1.54, 1.807) is 0 Å². The van der Waals surface area contributed by atoms with Gasteiger partial charge in [-0.15, -0.1) is 0 Å². The van der Waals surface area contributed by atoms with E-state index in [9.17, 15) is 8.42 Å². The number of aliphatic hydroxyl groups excluding tert-OH is 1. The van der Waals surface area contributed by atoms with Crippen molar-refractivity contribution in [3.63, 3.8) is 0 Å². The van der Waals surface area contributed by atoms with Crippen molar-refractivity contribution >= 4 is 10.0 Å². The minimum absolute atomic E-state index is 0.109. The lowest BCUT2D eigenvalue weighted by Crippen LogP contribution is -2.36. The van der Waals surface area contributed by atoms with Crippen molar-refractivity contribution in [3.8, 4) is 0 Å². The lowest BCUT2D eigenvalue weighted by Gasteiger charge is -2.20. The highest BCUT2D eigenvalue weighted by atomic mass is 32.2. The Morgan fingerprint density at radius 3 is 2.38 bits per heavy atom. The van der Waals surface area contributed by atoms with E-state index in [1.807, 2.05) is 0 Å². The van der Waals surface area contributed by atoms with Crippen molar-refractivity contribution < 1.29 is 13.5 Å². The van der Waals surface area contributed by atoms with Crippen LogP contribution in [-0.2, 0) is 10.0 Å². The molecule has 1 fully saturated rings. The van der Waals surface area contributed by atoms with Gasteiger partial charge in [-0.1, -0.05) is 12.8 Å². The van der Waals surface area contributed by atoms with Crippen LogP contribution in [0.1, 0.15) is 25.7 Å². The molecule has 0 bridgehead atoms. The van der Waals surface area contributed by atoms with Gasteiger partial charge in [0.25, 0.3) is 0 Å². The van der Waals surface area contributed by atoms with E-state index in [0.717, 1.165) is 25.7 Å². The van der Waals surface area contributed by atoms with E-state index in [-0.39, 0.29) is 18.4 Å². The predicted octanol–water partition coefficient (Wildman–Crippen LogP) is 0.183. The molecule has 0 atom stereocenters. The van der Waals surface area contributed by atoms with E-state index in [0.29, 0.717) is 0 Å². The molecule has 5 heteroatoms. The van der Waals surface area contributed by atoms with Gasteiger partial charge in [0.15, 0.2) is 0 Å². The molecular weight excluding hydrogens is 190 g/mol. The second-order valence-corrected chi connectivity index (χ2v) is 5.82. The summed E-state index contributed by atoms with van der Waals surface area (Å²) < 4.78 is 24.7. The Bertz CT molecular complexity index is 244. The lowest BCUT2D eigenvalue weighted by molar-refractivity contribution is 0.265. The van der Waals surface area contributed by atoms with Gasteiger partial charge in [-0.2, -0.15) is 0 Å². The first-order valence-electron chi connectivity index (χ1n) is 4.65. The summed E-state index contributed by atoms with van der Waals surface area (Å²) in [6.07, 6.45) is 3.57. The summed E-state index contributed by atoms with van der Waals surface area (Å²) in [5.41, 5.74) is 0. The van der Waals surface area contributed by atoms with Crippen molar-refractivity contribution in [2.45, 2.75) is 30.9 Å². The number of sulfonamides is 1. The largest absolute Gasteiger partial charge is 0.395 e. The van der Waals surface area contributed by atoms with E-state index in [2.05, 4.69) is 0 Å². The highest BCUT2D eigenvalue weighted by molar-refractivity contribution is 7.89. The fraction of sp³-hybridized carbons (Fsp3) is 1.00. The van der Waals surface area contributed by atoms with E-state index in [1.165, 1.54) is 11.4 Å². The zero-order valence-electron chi connectivity index (χ0n) is 7.94. The van der Waals surface area contributed by atoms with Crippen LogP contribution in [-0.4, -0.2) is 43.3 Å². The fourth-order valence-corrected chi connectivity index (χ4v) is 3.48. The predicted molar refractivity (Wildman–Crippen MR) is 50.9 cm³/mol. The summed E-state index contributed by atoms with van der Waals surface area (Å²) in [7, 11) is -1.60. The van der Waals surface area contributed by atoms with Gasteiger partial charge in [0, 0.05) is 13.6 Å². The maximum Gasteiger partial charge on any atom is 0.216 e. The van der Waals surface area contributed by atoms with Gasteiger partial charge in [-0.25, -0.2) is 12.7 Å². The molecular formula is C8H17NO3S. The second-order valence-electron chi connectivity index (χ2n) is 3.50. The van der Waals surface area contributed by atoms with Crippen LogP contribution in [0.15, 0.2) is 0 Å². The van der Waals surface area contributed by atoms with Crippen LogP contribution < -0.4 is 0 Å². The Labute approximate surface area is 79.6 Å². The minimum atomic E-state index is -3.13. The van der Waals surface area contributed by atoms with E-state index >= 15 is 0 Å². The third kappa shape index (κ3) is 2.42. The van der Waals surface area contributed by atoms with Crippen LogP contribution in [0.4, 0.5) is 0 Å². The normalized spacial score (nSPS) is 19.9. The summed E-state index contributed by atoms with van der Waals surface area (Å²) in [6.45, 7) is 0.0985. The van der Waals surface area contributed by atoms with Gasteiger partial charge in [-0.3, -0.25) is 0 Å². The number of likely N-dealkylation sites (N-methyl/N-ethyl adjacent to an activating group) is 1. The maximum absolute atomic E-state index is 11.7. The van der Waals surface area contributed by atoms with Crippen molar-refractivity contribution in [1.29, 1.82) is 0 Å². The SMILES string of the molecule is CN(CCO)S(=O)(=O)C1CCCC1. The molecule has 1 aliphatic carbocycles. The molecule has 1 rings (SSSR count). The molecule has 0 amide bonds. The zero-order valence-corrected chi connectivity index (χ0v) is 8.76. The lowest BCUT2D eigenvalue weighted by atomic mass is 10.4. The average molecular weight is 207 g/mol. The molecule has 0 heterocycles. The Hall–Kier alpha value is -0.130. The highest BCUT2D eigenvalue weighted by Gasteiger charge is 2.31. The molecule has 0 spiro atoms. The topological polar surface area (TPSA) is 57.6 Å². The third-order valence-electron chi connectivity index (χ3n) is 2.57.